The highest BCUT2D eigenvalue weighted by Crippen LogP contribution is 2.01. The number of hydrogen-bond acceptors (Lipinski definition) is 3. The summed E-state index contributed by atoms with van der Waals surface area (Å²) >= 11 is 0. The molecule has 0 saturated carbocycles. The van der Waals surface area contributed by atoms with Gasteiger partial charge in [0, 0.05) is 13.1 Å². The Kier molecular flexibility index (Phi) is 8.21. The first-order valence-electron chi connectivity index (χ1n) is 6.21. The van der Waals surface area contributed by atoms with Gasteiger partial charge in [0.05, 0.1) is 0 Å². The molecule has 0 spiro atoms. The first-order chi connectivity index (χ1) is 7.52. The summed E-state index contributed by atoms with van der Waals surface area (Å²) in [5.41, 5.74) is 0. The Bertz CT molecular complexity index is 195. The van der Waals surface area contributed by atoms with Crippen LogP contribution in [0.1, 0.15) is 34.1 Å². The minimum atomic E-state index is -0.756. The van der Waals surface area contributed by atoms with Gasteiger partial charge >= 0.3 is 5.97 Å². The highest BCUT2D eigenvalue weighted by Gasteiger charge is 2.20. The molecular weight excluding hydrogens is 204 g/mol. The van der Waals surface area contributed by atoms with Crippen LogP contribution in [-0.2, 0) is 4.79 Å². The molecule has 0 bridgehead atoms. The Morgan fingerprint density at radius 3 is 2.31 bits per heavy atom. The van der Waals surface area contributed by atoms with Crippen LogP contribution in [0.4, 0.5) is 0 Å². The van der Waals surface area contributed by atoms with Gasteiger partial charge in [0.2, 0.25) is 0 Å². The van der Waals surface area contributed by atoms with Crippen molar-refractivity contribution in [1.82, 2.24) is 10.2 Å². The number of nitrogens with zero attached hydrogens (tertiary/aromatic N) is 1. The van der Waals surface area contributed by atoms with Crippen LogP contribution < -0.4 is 5.32 Å². The topological polar surface area (TPSA) is 52.6 Å². The molecule has 0 aliphatic carbocycles. The molecule has 0 aromatic carbocycles. The van der Waals surface area contributed by atoms with E-state index in [1.165, 1.54) is 0 Å². The molecule has 0 saturated heterocycles. The monoisotopic (exact) mass is 230 g/mol. The van der Waals surface area contributed by atoms with E-state index < -0.39 is 12.0 Å². The van der Waals surface area contributed by atoms with E-state index >= 15 is 0 Å². The number of rotatable bonds is 9. The zero-order valence-electron chi connectivity index (χ0n) is 11.0. The smallest absolute Gasteiger partial charge is 0.320 e. The standard InChI is InChI=1S/C12H26N2O2/c1-5-8-14(6-2)9-7-13-11(10(3)4)12(15)16/h10-11,13H,5-9H2,1-4H3,(H,15,16). The summed E-state index contributed by atoms with van der Waals surface area (Å²) in [6.45, 7) is 11.9. The number of carboxylic acid groups (broad SMARTS) is 1. The maximum Gasteiger partial charge on any atom is 0.320 e. The summed E-state index contributed by atoms with van der Waals surface area (Å²) in [4.78, 5) is 13.3. The molecule has 0 aliphatic rings. The molecule has 2 N–H and O–H groups in total. The fourth-order valence-corrected chi connectivity index (χ4v) is 1.73. The maximum absolute atomic E-state index is 10.9. The van der Waals surface area contributed by atoms with Gasteiger partial charge in [-0.1, -0.05) is 27.7 Å². The summed E-state index contributed by atoms with van der Waals surface area (Å²) in [5, 5.41) is 12.1. The average molecular weight is 230 g/mol. The molecule has 4 nitrogen and oxygen atoms in total. The van der Waals surface area contributed by atoms with Gasteiger partial charge in [-0.25, -0.2) is 0 Å². The molecule has 4 heteroatoms. The van der Waals surface area contributed by atoms with Crippen LogP contribution in [0.25, 0.3) is 0 Å². The van der Waals surface area contributed by atoms with Crippen LogP contribution in [0, 0.1) is 5.92 Å². The van der Waals surface area contributed by atoms with Crippen molar-refractivity contribution in [1.29, 1.82) is 0 Å². The van der Waals surface area contributed by atoms with Gasteiger partial charge < -0.3 is 15.3 Å². The van der Waals surface area contributed by atoms with Crippen molar-refractivity contribution in [2.75, 3.05) is 26.2 Å². The molecule has 0 amide bonds. The van der Waals surface area contributed by atoms with Gasteiger partial charge in [-0.2, -0.15) is 0 Å². The Morgan fingerprint density at radius 2 is 1.94 bits per heavy atom. The van der Waals surface area contributed by atoms with E-state index in [2.05, 4.69) is 24.1 Å². The van der Waals surface area contributed by atoms with Gasteiger partial charge in [0.25, 0.3) is 0 Å². The fourth-order valence-electron chi connectivity index (χ4n) is 1.73. The van der Waals surface area contributed by atoms with Crippen LogP contribution in [0.15, 0.2) is 0 Å². The van der Waals surface area contributed by atoms with E-state index in [0.717, 1.165) is 32.6 Å². The second kappa shape index (κ2) is 8.53. The minimum absolute atomic E-state index is 0.124. The largest absolute Gasteiger partial charge is 0.480 e. The molecule has 0 heterocycles. The Labute approximate surface area is 99.0 Å². The molecule has 16 heavy (non-hydrogen) atoms. The summed E-state index contributed by atoms with van der Waals surface area (Å²) in [5.74, 6) is -0.632. The molecule has 0 rings (SSSR count). The van der Waals surface area contributed by atoms with E-state index in [-0.39, 0.29) is 5.92 Å². The molecule has 0 aromatic heterocycles. The van der Waals surface area contributed by atoms with Crippen LogP contribution in [0.5, 0.6) is 0 Å². The molecule has 0 radical (unpaired) electrons. The van der Waals surface area contributed by atoms with Crippen LogP contribution >= 0.6 is 0 Å². The van der Waals surface area contributed by atoms with E-state index in [1.807, 2.05) is 13.8 Å². The molecule has 0 aliphatic heterocycles. The number of likely N-dealkylation sites (N-methyl/N-ethyl adjacent to an activating group) is 1. The van der Waals surface area contributed by atoms with Gasteiger partial charge in [-0.15, -0.1) is 0 Å². The summed E-state index contributed by atoms with van der Waals surface area (Å²) < 4.78 is 0. The first kappa shape index (κ1) is 15.4. The Morgan fingerprint density at radius 1 is 1.31 bits per heavy atom. The Hall–Kier alpha value is -0.610. The van der Waals surface area contributed by atoms with Gasteiger partial charge in [-0.3, -0.25) is 4.79 Å². The van der Waals surface area contributed by atoms with Crippen molar-refractivity contribution in [3.05, 3.63) is 0 Å². The van der Waals surface area contributed by atoms with E-state index in [9.17, 15) is 4.79 Å². The lowest BCUT2D eigenvalue weighted by Crippen LogP contribution is -2.44. The van der Waals surface area contributed by atoms with Gasteiger partial charge in [-0.05, 0) is 25.4 Å². The van der Waals surface area contributed by atoms with Crippen molar-refractivity contribution in [3.63, 3.8) is 0 Å². The van der Waals surface area contributed by atoms with Crippen molar-refractivity contribution >= 4 is 5.97 Å². The lowest BCUT2D eigenvalue weighted by atomic mass is 10.1. The van der Waals surface area contributed by atoms with Crippen molar-refractivity contribution in [2.24, 2.45) is 5.92 Å². The normalized spacial score (nSPS) is 13.4. The predicted octanol–water partition coefficient (Wildman–Crippen LogP) is 1.42. The molecule has 1 unspecified atom stereocenters. The molecule has 0 aromatic rings. The number of carboxylic acids is 1. The highest BCUT2D eigenvalue weighted by atomic mass is 16.4. The number of carbonyl (C=O) groups is 1. The third-order valence-electron chi connectivity index (χ3n) is 2.71. The lowest BCUT2D eigenvalue weighted by Gasteiger charge is -2.22. The Balaban J connectivity index is 3.88. The van der Waals surface area contributed by atoms with Crippen molar-refractivity contribution in [2.45, 2.75) is 40.2 Å². The maximum atomic E-state index is 10.9. The minimum Gasteiger partial charge on any atom is -0.480 e. The third kappa shape index (κ3) is 6.08. The number of nitrogens with one attached hydrogen (secondary N) is 1. The third-order valence-corrected chi connectivity index (χ3v) is 2.71. The lowest BCUT2D eigenvalue weighted by molar-refractivity contribution is -0.140. The molecule has 96 valence electrons. The second-order valence-electron chi connectivity index (χ2n) is 4.45. The van der Waals surface area contributed by atoms with Crippen LogP contribution in [0.3, 0.4) is 0 Å². The summed E-state index contributed by atoms with van der Waals surface area (Å²) in [6, 6.07) is -0.430. The van der Waals surface area contributed by atoms with Gasteiger partial charge in [0.1, 0.15) is 6.04 Å². The second-order valence-corrected chi connectivity index (χ2v) is 4.45. The highest BCUT2D eigenvalue weighted by molar-refractivity contribution is 5.73. The SMILES string of the molecule is CCCN(CC)CCNC(C(=O)O)C(C)C. The predicted molar refractivity (Wildman–Crippen MR) is 66.7 cm³/mol. The van der Waals surface area contributed by atoms with Crippen LogP contribution in [0.2, 0.25) is 0 Å². The molecule has 1 atom stereocenters. The molecular formula is C12H26N2O2. The summed E-state index contributed by atoms with van der Waals surface area (Å²) in [7, 11) is 0. The van der Waals surface area contributed by atoms with E-state index in [0.29, 0.717) is 0 Å². The summed E-state index contributed by atoms with van der Waals surface area (Å²) in [6.07, 6.45) is 1.14. The van der Waals surface area contributed by atoms with Gasteiger partial charge in [0.15, 0.2) is 0 Å². The fraction of sp³-hybridized carbons (Fsp3) is 0.917. The van der Waals surface area contributed by atoms with E-state index in [1.54, 1.807) is 0 Å². The number of aliphatic carboxylic acids is 1. The zero-order valence-corrected chi connectivity index (χ0v) is 11.0. The quantitative estimate of drug-likeness (QED) is 0.629. The van der Waals surface area contributed by atoms with Crippen LogP contribution in [-0.4, -0.2) is 48.2 Å². The van der Waals surface area contributed by atoms with E-state index in [4.69, 9.17) is 5.11 Å². The number of hydrogen-bond donors (Lipinski definition) is 2. The first-order valence-corrected chi connectivity index (χ1v) is 6.21. The average Bonchev–Trinajstić information content (AvgIpc) is 2.21. The van der Waals surface area contributed by atoms with Crippen molar-refractivity contribution in [3.8, 4) is 0 Å². The van der Waals surface area contributed by atoms with Crippen molar-refractivity contribution < 1.29 is 9.90 Å². The zero-order chi connectivity index (χ0) is 12.6. The molecule has 0 fully saturated rings.